The lowest BCUT2D eigenvalue weighted by molar-refractivity contribution is -0.141. The predicted octanol–water partition coefficient (Wildman–Crippen LogP) is 1.49. The molecule has 0 fully saturated rings. The topological polar surface area (TPSA) is 78.9 Å². The highest BCUT2D eigenvalue weighted by Gasteiger charge is 2.27. The van der Waals surface area contributed by atoms with Gasteiger partial charge in [0.2, 0.25) is 0 Å². The first-order valence-electron chi connectivity index (χ1n) is 7.01. The molecule has 0 spiro atoms. The van der Waals surface area contributed by atoms with E-state index in [1.807, 2.05) is 24.3 Å². The molecule has 1 aromatic carbocycles. The number of carbonyl (C=O) groups excluding carboxylic acids is 1. The largest absolute Gasteiger partial charge is 0.488 e. The minimum Gasteiger partial charge on any atom is -0.488 e. The lowest BCUT2D eigenvalue weighted by Gasteiger charge is -2.24. The molecule has 1 aliphatic rings. The van der Waals surface area contributed by atoms with Crippen molar-refractivity contribution in [1.29, 1.82) is 0 Å². The number of carboxylic acid groups (broad SMARTS) is 1. The second-order valence-electron chi connectivity index (χ2n) is 5.11. The van der Waals surface area contributed by atoms with Crippen molar-refractivity contribution in [3.63, 3.8) is 0 Å². The van der Waals surface area contributed by atoms with E-state index in [2.05, 4.69) is 5.32 Å². The van der Waals surface area contributed by atoms with E-state index >= 15 is 0 Å². The van der Waals surface area contributed by atoms with E-state index in [1.54, 1.807) is 6.92 Å². The summed E-state index contributed by atoms with van der Waals surface area (Å²) in [6.45, 7) is 2.09. The average molecular weight is 292 g/mol. The first-order valence-corrected chi connectivity index (χ1v) is 7.01. The number of amides is 2. The summed E-state index contributed by atoms with van der Waals surface area (Å²) in [5.41, 5.74) is 1.13. The van der Waals surface area contributed by atoms with Crippen molar-refractivity contribution in [3.8, 4) is 5.75 Å². The molecule has 6 heteroatoms. The maximum Gasteiger partial charge on any atom is 0.326 e. The Morgan fingerprint density at radius 2 is 2.19 bits per heavy atom. The number of carboxylic acids is 1. The molecule has 0 radical (unpaired) electrons. The molecular formula is C15H20N2O4. The van der Waals surface area contributed by atoms with Crippen LogP contribution < -0.4 is 10.1 Å². The Kier molecular flexibility index (Phi) is 4.67. The number of rotatable bonds is 5. The first-order chi connectivity index (χ1) is 10.0. The molecule has 0 saturated carbocycles. The average Bonchev–Trinajstić information content (AvgIpc) is 2.87. The minimum atomic E-state index is -1.00. The summed E-state index contributed by atoms with van der Waals surface area (Å²) in [5, 5.41) is 11.8. The van der Waals surface area contributed by atoms with E-state index in [1.165, 1.54) is 11.9 Å². The third-order valence-electron chi connectivity index (χ3n) is 3.65. The Hall–Kier alpha value is -2.24. The molecule has 6 nitrogen and oxygen atoms in total. The van der Waals surface area contributed by atoms with Crippen LogP contribution in [-0.4, -0.2) is 47.7 Å². The lowest BCUT2D eigenvalue weighted by Crippen LogP contribution is -2.48. The fourth-order valence-electron chi connectivity index (χ4n) is 2.45. The highest BCUT2D eigenvalue weighted by Crippen LogP contribution is 2.27. The van der Waals surface area contributed by atoms with Gasteiger partial charge in [-0.25, -0.2) is 9.59 Å². The highest BCUT2D eigenvalue weighted by molar-refractivity contribution is 5.82. The Morgan fingerprint density at radius 3 is 2.81 bits per heavy atom. The molecule has 21 heavy (non-hydrogen) atoms. The molecule has 114 valence electrons. The quantitative estimate of drug-likeness (QED) is 0.862. The zero-order valence-corrected chi connectivity index (χ0v) is 12.2. The molecule has 2 N–H and O–H groups in total. The third kappa shape index (κ3) is 3.45. The number of urea groups is 1. The zero-order chi connectivity index (χ0) is 15.4. The monoisotopic (exact) mass is 292 g/mol. The highest BCUT2D eigenvalue weighted by atomic mass is 16.5. The molecule has 0 saturated heterocycles. The van der Waals surface area contributed by atoms with Gasteiger partial charge in [-0.15, -0.1) is 0 Å². The van der Waals surface area contributed by atoms with Gasteiger partial charge < -0.3 is 20.1 Å². The maximum absolute atomic E-state index is 12.0. The van der Waals surface area contributed by atoms with Gasteiger partial charge in [0, 0.05) is 13.5 Å². The number of ether oxygens (including phenoxy) is 1. The van der Waals surface area contributed by atoms with E-state index in [-0.39, 0.29) is 6.10 Å². The lowest BCUT2D eigenvalue weighted by atomic mass is 10.1. The Morgan fingerprint density at radius 1 is 1.48 bits per heavy atom. The van der Waals surface area contributed by atoms with Crippen molar-refractivity contribution in [2.24, 2.45) is 0 Å². The van der Waals surface area contributed by atoms with Gasteiger partial charge in [0.25, 0.3) is 0 Å². The van der Waals surface area contributed by atoms with Gasteiger partial charge in [-0.05, 0) is 18.1 Å². The molecule has 1 aromatic rings. The zero-order valence-electron chi connectivity index (χ0n) is 12.2. The summed E-state index contributed by atoms with van der Waals surface area (Å²) in [5.74, 6) is -0.151. The number of nitrogens with one attached hydrogen (secondary N) is 1. The molecule has 2 rings (SSSR count). The van der Waals surface area contributed by atoms with E-state index in [0.717, 1.165) is 17.7 Å². The first kappa shape index (κ1) is 15.2. The van der Waals surface area contributed by atoms with Crippen LogP contribution in [0.2, 0.25) is 0 Å². The number of hydrogen-bond donors (Lipinski definition) is 2. The van der Waals surface area contributed by atoms with Gasteiger partial charge >= 0.3 is 12.0 Å². The van der Waals surface area contributed by atoms with Crippen molar-refractivity contribution < 1.29 is 19.4 Å². The molecule has 1 heterocycles. The molecule has 2 amide bonds. The van der Waals surface area contributed by atoms with Crippen molar-refractivity contribution in [3.05, 3.63) is 29.8 Å². The Balaban J connectivity index is 1.84. The van der Waals surface area contributed by atoms with Crippen molar-refractivity contribution in [2.75, 3.05) is 13.6 Å². The van der Waals surface area contributed by atoms with Gasteiger partial charge in [-0.1, -0.05) is 25.1 Å². The third-order valence-corrected chi connectivity index (χ3v) is 3.65. The van der Waals surface area contributed by atoms with Crippen LogP contribution in [0.4, 0.5) is 4.79 Å². The van der Waals surface area contributed by atoms with E-state index < -0.39 is 18.0 Å². The molecule has 0 aromatic heterocycles. The normalized spacial score (nSPS) is 17.5. The summed E-state index contributed by atoms with van der Waals surface area (Å²) in [6, 6.07) is 6.55. The number of benzene rings is 1. The number of hydrogen-bond acceptors (Lipinski definition) is 3. The van der Waals surface area contributed by atoms with Crippen molar-refractivity contribution in [2.45, 2.75) is 31.9 Å². The van der Waals surface area contributed by atoms with E-state index in [4.69, 9.17) is 9.84 Å². The van der Waals surface area contributed by atoms with Gasteiger partial charge in [-0.2, -0.15) is 0 Å². The van der Waals surface area contributed by atoms with E-state index in [0.29, 0.717) is 13.0 Å². The van der Waals surface area contributed by atoms with Crippen LogP contribution in [0.5, 0.6) is 5.75 Å². The van der Waals surface area contributed by atoms with Crippen molar-refractivity contribution >= 4 is 12.0 Å². The number of nitrogens with zero attached hydrogens (tertiary/aromatic N) is 1. The van der Waals surface area contributed by atoms with Crippen LogP contribution >= 0.6 is 0 Å². The second kappa shape index (κ2) is 6.47. The standard InChI is InChI=1S/C15H20N2O4/c1-3-12(14(18)19)17(2)15(20)16-9-11-8-10-6-4-5-7-13(10)21-11/h4-7,11-12H,3,8-9H2,1-2H3,(H,16,20)(H,18,19). The summed E-state index contributed by atoms with van der Waals surface area (Å²) in [7, 11) is 1.49. The number of carbonyl (C=O) groups is 2. The van der Waals surface area contributed by atoms with Crippen LogP contribution in [0.3, 0.4) is 0 Å². The SMILES string of the molecule is CCC(C(=O)O)N(C)C(=O)NCC1Cc2ccccc2O1. The molecule has 2 unspecified atom stereocenters. The molecule has 0 aliphatic carbocycles. The predicted molar refractivity (Wildman–Crippen MR) is 77.4 cm³/mol. The number of likely N-dealkylation sites (N-methyl/N-ethyl adjacent to an activating group) is 1. The van der Waals surface area contributed by atoms with Gasteiger partial charge in [0.15, 0.2) is 0 Å². The van der Waals surface area contributed by atoms with Crippen LogP contribution in [-0.2, 0) is 11.2 Å². The summed E-state index contributed by atoms with van der Waals surface area (Å²) in [4.78, 5) is 24.2. The number of para-hydroxylation sites is 1. The summed E-state index contributed by atoms with van der Waals surface area (Å²) < 4.78 is 5.72. The maximum atomic E-state index is 12.0. The van der Waals surface area contributed by atoms with Gasteiger partial charge in [-0.3, -0.25) is 0 Å². The summed E-state index contributed by atoms with van der Waals surface area (Å²) in [6.07, 6.45) is 1.01. The van der Waals surface area contributed by atoms with E-state index in [9.17, 15) is 9.59 Å². The fraction of sp³-hybridized carbons (Fsp3) is 0.467. The number of aliphatic carboxylic acids is 1. The van der Waals surface area contributed by atoms with Gasteiger partial charge in [0.1, 0.15) is 17.9 Å². The Bertz CT molecular complexity index is 507. The van der Waals surface area contributed by atoms with Crippen LogP contribution in [0.25, 0.3) is 0 Å². The smallest absolute Gasteiger partial charge is 0.326 e. The minimum absolute atomic E-state index is 0.107. The molecule has 2 atom stereocenters. The van der Waals surface area contributed by atoms with Gasteiger partial charge in [0.05, 0.1) is 6.54 Å². The van der Waals surface area contributed by atoms with Crippen LogP contribution in [0.15, 0.2) is 24.3 Å². The fourth-order valence-corrected chi connectivity index (χ4v) is 2.45. The Labute approximate surface area is 123 Å². The number of fused-ring (bicyclic) bond motifs is 1. The second-order valence-corrected chi connectivity index (χ2v) is 5.11. The summed E-state index contributed by atoms with van der Waals surface area (Å²) >= 11 is 0. The van der Waals surface area contributed by atoms with Crippen LogP contribution in [0, 0.1) is 0 Å². The molecule has 1 aliphatic heterocycles. The molecular weight excluding hydrogens is 272 g/mol. The van der Waals surface area contributed by atoms with Crippen molar-refractivity contribution in [1.82, 2.24) is 10.2 Å². The van der Waals surface area contributed by atoms with Crippen LogP contribution in [0.1, 0.15) is 18.9 Å². The molecule has 0 bridgehead atoms.